The van der Waals surface area contributed by atoms with Gasteiger partial charge in [0.15, 0.2) is 5.78 Å². The molecule has 0 fully saturated rings. The first-order chi connectivity index (χ1) is 9.28. The van der Waals surface area contributed by atoms with Gasteiger partial charge in [0.25, 0.3) is 0 Å². The average molecular weight is 277 g/mol. The molecule has 0 bridgehead atoms. The van der Waals surface area contributed by atoms with Gasteiger partial charge in [0.05, 0.1) is 6.04 Å². The summed E-state index contributed by atoms with van der Waals surface area (Å²) in [7, 11) is 0. The molecular weight excluding hydrogens is 254 g/mol. The van der Waals surface area contributed by atoms with Gasteiger partial charge in [0.1, 0.15) is 5.60 Å². The minimum Gasteiger partial charge on any atom is -0.444 e. The molecule has 1 aromatic rings. The number of ether oxygens (including phenoxy) is 1. The molecule has 1 N–H and O–H groups in total. The zero-order valence-corrected chi connectivity index (χ0v) is 12.6. The van der Waals surface area contributed by atoms with Gasteiger partial charge in [0, 0.05) is 0 Å². The molecule has 4 heteroatoms. The van der Waals surface area contributed by atoms with E-state index in [0.717, 1.165) is 12.0 Å². The molecule has 110 valence electrons. The second-order valence-corrected chi connectivity index (χ2v) is 5.83. The van der Waals surface area contributed by atoms with E-state index < -0.39 is 17.7 Å². The Morgan fingerprint density at radius 1 is 1.20 bits per heavy atom. The van der Waals surface area contributed by atoms with Crippen molar-refractivity contribution < 1.29 is 14.3 Å². The van der Waals surface area contributed by atoms with Gasteiger partial charge in [0.2, 0.25) is 0 Å². The Hall–Kier alpha value is -1.84. The summed E-state index contributed by atoms with van der Waals surface area (Å²) in [6.07, 6.45) is 0.755. The number of Topliss-reactive ketones (excluding diaryl/α,β-unsaturated/α-hetero) is 1. The molecule has 20 heavy (non-hydrogen) atoms. The van der Waals surface area contributed by atoms with Crippen LogP contribution in [0.2, 0.25) is 0 Å². The van der Waals surface area contributed by atoms with Crippen LogP contribution in [0, 0.1) is 0 Å². The van der Waals surface area contributed by atoms with E-state index in [1.165, 1.54) is 6.92 Å². The number of nitrogens with one attached hydrogen (secondary N) is 1. The van der Waals surface area contributed by atoms with E-state index >= 15 is 0 Å². The minimum absolute atomic E-state index is 0.0632. The molecule has 0 unspecified atom stereocenters. The number of rotatable bonds is 5. The van der Waals surface area contributed by atoms with Crippen LogP contribution in [0.3, 0.4) is 0 Å². The number of alkyl carbamates (subject to hydrolysis) is 1. The van der Waals surface area contributed by atoms with Gasteiger partial charge in [-0.05, 0) is 46.1 Å². The molecule has 1 aromatic carbocycles. The Balaban J connectivity index is 2.53. The molecular formula is C16H23NO3. The quantitative estimate of drug-likeness (QED) is 0.899. The maximum atomic E-state index is 11.7. The standard InChI is InChI=1S/C16H23NO3/c1-12(18)14(17-15(19)20-16(2,3)4)11-10-13-8-6-5-7-9-13/h5-9,14H,10-11H2,1-4H3,(H,17,19)/t14-/m1/s1. The van der Waals surface area contributed by atoms with E-state index in [9.17, 15) is 9.59 Å². The number of carbonyl (C=O) groups excluding carboxylic acids is 2. The lowest BCUT2D eigenvalue weighted by Crippen LogP contribution is -2.42. The van der Waals surface area contributed by atoms with Gasteiger partial charge in [-0.1, -0.05) is 30.3 Å². The third-order valence-corrected chi connectivity index (χ3v) is 2.75. The summed E-state index contributed by atoms with van der Waals surface area (Å²) in [6.45, 7) is 6.85. The summed E-state index contributed by atoms with van der Waals surface area (Å²) in [4.78, 5) is 23.3. The molecule has 0 heterocycles. The molecule has 0 saturated carbocycles. The van der Waals surface area contributed by atoms with Crippen molar-refractivity contribution in [1.29, 1.82) is 0 Å². The van der Waals surface area contributed by atoms with Crippen LogP contribution in [0.1, 0.15) is 39.7 Å². The monoisotopic (exact) mass is 277 g/mol. The highest BCUT2D eigenvalue weighted by molar-refractivity contribution is 5.85. The Kier molecular flexibility index (Phi) is 5.74. The Morgan fingerprint density at radius 2 is 1.80 bits per heavy atom. The molecule has 0 aliphatic heterocycles. The molecule has 0 radical (unpaired) electrons. The molecule has 4 nitrogen and oxygen atoms in total. The van der Waals surface area contributed by atoms with Crippen LogP contribution in [-0.2, 0) is 16.0 Å². The molecule has 0 aliphatic carbocycles. The number of aryl methyl sites for hydroxylation is 1. The van der Waals surface area contributed by atoms with Crippen LogP contribution in [0.15, 0.2) is 30.3 Å². The Morgan fingerprint density at radius 3 is 2.30 bits per heavy atom. The normalized spacial score (nSPS) is 12.6. The lowest BCUT2D eigenvalue weighted by molar-refractivity contribution is -0.119. The maximum absolute atomic E-state index is 11.7. The topological polar surface area (TPSA) is 55.4 Å². The minimum atomic E-state index is -0.565. The molecule has 0 spiro atoms. The van der Waals surface area contributed by atoms with Crippen molar-refractivity contribution >= 4 is 11.9 Å². The number of benzene rings is 1. The summed E-state index contributed by atoms with van der Waals surface area (Å²) in [6, 6.07) is 9.36. The molecule has 0 aromatic heterocycles. The van der Waals surface area contributed by atoms with E-state index in [0.29, 0.717) is 6.42 Å². The van der Waals surface area contributed by atoms with Crippen molar-refractivity contribution in [2.75, 3.05) is 0 Å². The molecule has 1 rings (SSSR count). The molecule has 1 atom stereocenters. The number of hydrogen-bond donors (Lipinski definition) is 1. The van der Waals surface area contributed by atoms with Crippen LogP contribution in [0.5, 0.6) is 0 Å². The lowest BCUT2D eigenvalue weighted by atomic mass is 10.0. The lowest BCUT2D eigenvalue weighted by Gasteiger charge is -2.22. The van der Waals surface area contributed by atoms with E-state index in [1.54, 1.807) is 20.8 Å². The van der Waals surface area contributed by atoms with Crippen molar-refractivity contribution in [1.82, 2.24) is 5.32 Å². The highest BCUT2D eigenvalue weighted by atomic mass is 16.6. The fourth-order valence-electron chi connectivity index (χ4n) is 1.78. The SMILES string of the molecule is CC(=O)[C@@H](CCc1ccccc1)NC(=O)OC(C)(C)C. The predicted molar refractivity (Wildman–Crippen MR) is 78.6 cm³/mol. The molecule has 0 saturated heterocycles. The third-order valence-electron chi connectivity index (χ3n) is 2.75. The fraction of sp³-hybridized carbons (Fsp3) is 0.500. The maximum Gasteiger partial charge on any atom is 0.408 e. The van der Waals surface area contributed by atoms with Gasteiger partial charge in [-0.15, -0.1) is 0 Å². The number of hydrogen-bond acceptors (Lipinski definition) is 3. The predicted octanol–water partition coefficient (Wildman–Crippen LogP) is 3.10. The van der Waals surface area contributed by atoms with Crippen molar-refractivity contribution in [2.24, 2.45) is 0 Å². The molecule has 0 aliphatic rings. The Labute approximate surface area is 120 Å². The van der Waals surface area contributed by atoms with Crippen LogP contribution in [-0.4, -0.2) is 23.5 Å². The second kappa shape index (κ2) is 7.08. The first kappa shape index (κ1) is 16.2. The Bertz CT molecular complexity index is 449. The van der Waals surface area contributed by atoms with Crippen molar-refractivity contribution in [3.63, 3.8) is 0 Å². The third kappa shape index (κ3) is 6.36. The highest BCUT2D eigenvalue weighted by Crippen LogP contribution is 2.09. The van der Waals surface area contributed by atoms with Gasteiger partial charge in [-0.25, -0.2) is 4.79 Å². The zero-order valence-electron chi connectivity index (χ0n) is 12.6. The average Bonchev–Trinajstić information content (AvgIpc) is 2.33. The van der Waals surface area contributed by atoms with E-state index in [4.69, 9.17) is 4.74 Å². The van der Waals surface area contributed by atoms with Crippen molar-refractivity contribution in [3.8, 4) is 0 Å². The summed E-state index contributed by atoms with van der Waals surface area (Å²) in [5, 5.41) is 2.63. The first-order valence-corrected chi connectivity index (χ1v) is 6.82. The second-order valence-electron chi connectivity index (χ2n) is 5.83. The summed E-state index contributed by atoms with van der Waals surface area (Å²) in [5.74, 6) is -0.0632. The van der Waals surface area contributed by atoms with Crippen LogP contribution in [0.25, 0.3) is 0 Å². The van der Waals surface area contributed by atoms with Crippen molar-refractivity contribution in [2.45, 2.75) is 52.2 Å². The fourth-order valence-corrected chi connectivity index (χ4v) is 1.78. The summed E-state index contributed by atoms with van der Waals surface area (Å²) in [5.41, 5.74) is 0.579. The van der Waals surface area contributed by atoms with Gasteiger partial charge in [-0.3, -0.25) is 4.79 Å². The molecule has 1 amide bonds. The first-order valence-electron chi connectivity index (χ1n) is 6.82. The van der Waals surface area contributed by atoms with Crippen LogP contribution < -0.4 is 5.32 Å². The zero-order chi connectivity index (χ0) is 15.2. The van der Waals surface area contributed by atoms with E-state index in [1.807, 2.05) is 30.3 Å². The number of carbonyl (C=O) groups is 2. The highest BCUT2D eigenvalue weighted by Gasteiger charge is 2.21. The van der Waals surface area contributed by atoms with E-state index in [2.05, 4.69) is 5.32 Å². The van der Waals surface area contributed by atoms with Gasteiger partial charge in [-0.2, -0.15) is 0 Å². The number of ketones is 1. The summed E-state index contributed by atoms with van der Waals surface area (Å²) < 4.78 is 5.17. The largest absolute Gasteiger partial charge is 0.444 e. The smallest absolute Gasteiger partial charge is 0.408 e. The number of amides is 1. The van der Waals surface area contributed by atoms with E-state index in [-0.39, 0.29) is 5.78 Å². The van der Waals surface area contributed by atoms with Crippen molar-refractivity contribution in [3.05, 3.63) is 35.9 Å². The summed E-state index contributed by atoms with van der Waals surface area (Å²) >= 11 is 0. The van der Waals surface area contributed by atoms with Crippen LogP contribution in [0.4, 0.5) is 4.79 Å². The van der Waals surface area contributed by atoms with Gasteiger partial charge >= 0.3 is 6.09 Å². The van der Waals surface area contributed by atoms with Crippen LogP contribution >= 0.6 is 0 Å². The van der Waals surface area contributed by atoms with Gasteiger partial charge < -0.3 is 10.1 Å².